The maximum absolute atomic E-state index is 11.8. The van der Waals surface area contributed by atoms with Gasteiger partial charge in [0.15, 0.2) is 5.82 Å². The number of rotatable bonds is 5. The largest absolute Gasteiger partial charge is 0.380 e. The molecule has 2 aliphatic heterocycles. The van der Waals surface area contributed by atoms with Gasteiger partial charge in [-0.1, -0.05) is 0 Å². The second-order valence-corrected chi connectivity index (χ2v) is 8.53. The van der Waals surface area contributed by atoms with Gasteiger partial charge in [-0.2, -0.15) is 0 Å². The van der Waals surface area contributed by atoms with Crippen molar-refractivity contribution in [1.82, 2.24) is 25.3 Å². The van der Waals surface area contributed by atoms with Gasteiger partial charge in [-0.15, -0.1) is 0 Å². The van der Waals surface area contributed by atoms with Gasteiger partial charge in [0.05, 0.1) is 18.8 Å². The Bertz CT molecular complexity index is 1150. The zero-order valence-electron chi connectivity index (χ0n) is 19.9. The Kier molecular flexibility index (Phi) is 6.99. The molecule has 0 unspecified atom stereocenters. The summed E-state index contributed by atoms with van der Waals surface area (Å²) in [7, 11) is 0. The van der Waals surface area contributed by atoms with Crippen molar-refractivity contribution in [2.75, 3.05) is 54.5 Å². The summed E-state index contributed by atoms with van der Waals surface area (Å²) in [4.78, 5) is 35.2. The molecule has 10 heteroatoms. The molecule has 5 rings (SSSR count). The molecule has 2 amide bonds. The predicted octanol–water partition coefficient (Wildman–Crippen LogP) is 2.86. The lowest BCUT2D eigenvalue weighted by Gasteiger charge is -2.32. The molecule has 1 fully saturated rings. The average Bonchev–Trinajstić information content (AvgIpc) is 3.18. The standard InChI is InChI=1S/C25H30N8O2/c1-2-26-25(34)29-19-7-5-18(6-8-19)22-30-21-17-33(24-27-10-3-11-28-24)13-9-20(21)23(31-22)32-12-4-15-35-16-14-32/h3,5-8,10-11H,2,4,9,12-17H2,1H3,(H2,26,29,34). The maximum Gasteiger partial charge on any atom is 0.319 e. The number of ether oxygens (including phenoxy) is 1. The van der Waals surface area contributed by atoms with Crippen LogP contribution < -0.4 is 20.4 Å². The van der Waals surface area contributed by atoms with Gasteiger partial charge in [-0.05, 0) is 50.1 Å². The summed E-state index contributed by atoms with van der Waals surface area (Å²) >= 11 is 0. The Balaban J connectivity index is 1.48. The number of nitrogens with one attached hydrogen (secondary N) is 2. The number of fused-ring (bicyclic) bond motifs is 1. The summed E-state index contributed by atoms with van der Waals surface area (Å²) in [5.74, 6) is 2.38. The highest BCUT2D eigenvalue weighted by Crippen LogP contribution is 2.31. The number of anilines is 3. The second-order valence-electron chi connectivity index (χ2n) is 8.53. The summed E-state index contributed by atoms with van der Waals surface area (Å²) < 4.78 is 5.69. The first-order valence-corrected chi connectivity index (χ1v) is 12.1. The number of urea groups is 1. The third-order valence-electron chi connectivity index (χ3n) is 6.14. The third-order valence-corrected chi connectivity index (χ3v) is 6.14. The highest BCUT2D eigenvalue weighted by molar-refractivity contribution is 5.89. The highest BCUT2D eigenvalue weighted by atomic mass is 16.5. The van der Waals surface area contributed by atoms with Crippen LogP contribution in [0.5, 0.6) is 0 Å². The van der Waals surface area contributed by atoms with E-state index in [0.29, 0.717) is 31.5 Å². The Morgan fingerprint density at radius 1 is 1.03 bits per heavy atom. The fourth-order valence-corrected chi connectivity index (χ4v) is 4.42. The molecule has 1 aromatic carbocycles. The molecule has 35 heavy (non-hydrogen) atoms. The number of aromatic nitrogens is 4. The van der Waals surface area contributed by atoms with E-state index in [1.54, 1.807) is 12.4 Å². The molecule has 0 radical (unpaired) electrons. The molecule has 4 heterocycles. The van der Waals surface area contributed by atoms with Crippen molar-refractivity contribution in [1.29, 1.82) is 0 Å². The van der Waals surface area contributed by atoms with Crippen LogP contribution in [0.4, 0.5) is 22.2 Å². The Hall–Kier alpha value is -3.79. The van der Waals surface area contributed by atoms with E-state index >= 15 is 0 Å². The van der Waals surface area contributed by atoms with Gasteiger partial charge in [-0.25, -0.2) is 24.7 Å². The Labute approximate surface area is 204 Å². The third kappa shape index (κ3) is 5.32. The van der Waals surface area contributed by atoms with Crippen LogP contribution in [0.25, 0.3) is 11.4 Å². The van der Waals surface area contributed by atoms with Gasteiger partial charge in [0.1, 0.15) is 5.82 Å². The van der Waals surface area contributed by atoms with Crippen molar-refractivity contribution in [2.45, 2.75) is 26.3 Å². The Morgan fingerprint density at radius 2 is 1.86 bits per heavy atom. The molecule has 0 spiro atoms. The van der Waals surface area contributed by atoms with E-state index in [1.807, 2.05) is 37.3 Å². The van der Waals surface area contributed by atoms with Crippen LogP contribution in [0.1, 0.15) is 24.6 Å². The first-order chi connectivity index (χ1) is 17.2. The van der Waals surface area contributed by atoms with E-state index in [9.17, 15) is 4.79 Å². The predicted molar refractivity (Wildman–Crippen MR) is 135 cm³/mol. The molecule has 1 saturated heterocycles. The van der Waals surface area contributed by atoms with Gasteiger partial charge in [-0.3, -0.25) is 0 Å². The molecule has 0 bridgehead atoms. The molecular weight excluding hydrogens is 444 g/mol. The summed E-state index contributed by atoms with van der Waals surface area (Å²) in [6.07, 6.45) is 5.33. The van der Waals surface area contributed by atoms with Crippen molar-refractivity contribution in [2.24, 2.45) is 0 Å². The molecule has 3 aromatic rings. The van der Waals surface area contributed by atoms with Gasteiger partial charge in [0.2, 0.25) is 5.95 Å². The van der Waals surface area contributed by atoms with Crippen LogP contribution in [-0.4, -0.2) is 65.4 Å². The van der Waals surface area contributed by atoms with Crippen molar-refractivity contribution in [3.05, 3.63) is 54.0 Å². The number of carbonyl (C=O) groups is 1. The van der Waals surface area contributed by atoms with E-state index in [1.165, 1.54) is 5.56 Å². The monoisotopic (exact) mass is 474 g/mol. The minimum Gasteiger partial charge on any atom is -0.380 e. The van der Waals surface area contributed by atoms with Gasteiger partial charge >= 0.3 is 6.03 Å². The van der Waals surface area contributed by atoms with Crippen molar-refractivity contribution in [3.63, 3.8) is 0 Å². The lowest BCUT2D eigenvalue weighted by molar-refractivity contribution is 0.152. The van der Waals surface area contributed by atoms with E-state index < -0.39 is 0 Å². The fraction of sp³-hybridized carbons (Fsp3) is 0.400. The first kappa shape index (κ1) is 23.0. The van der Waals surface area contributed by atoms with E-state index in [0.717, 1.165) is 61.8 Å². The first-order valence-electron chi connectivity index (χ1n) is 12.1. The molecule has 2 aliphatic rings. The van der Waals surface area contributed by atoms with Crippen LogP contribution >= 0.6 is 0 Å². The zero-order chi connectivity index (χ0) is 24.0. The quantitative estimate of drug-likeness (QED) is 0.581. The van der Waals surface area contributed by atoms with Crippen molar-refractivity contribution < 1.29 is 9.53 Å². The van der Waals surface area contributed by atoms with Crippen LogP contribution in [0.3, 0.4) is 0 Å². The number of nitrogens with zero attached hydrogens (tertiary/aromatic N) is 6. The summed E-state index contributed by atoms with van der Waals surface area (Å²) in [5, 5.41) is 5.57. The SMILES string of the molecule is CCNC(=O)Nc1ccc(-c2nc3c(c(N4CCCOCC4)n2)CCN(c2ncccn2)C3)cc1. The summed E-state index contributed by atoms with van der Waals surface area (Å²) in [6, 6.07) is 9.23. The number of carbonyl (C=O) groups excluding carboxylic acids is 1. The highest BCUT2D eigenvalue weighted by Gasteiger charge is 2.27. The van der Waals surface area contributed by atoms with Gasteiger partial charge in [0, 0.05) is 62.0 Å². The fourth-order valence-electron chi connectivity index (χ4n) is 4.42. The summed E-state index contributed by atoms with van der Waals surface area (Å²) in [5.41, 5.74) is 3.81. The minimum atomic E-state index is -0.223. The van der Waals surface area contributed by atoms with Crippen molar-refractivity contribution >= 4 is 23.5 Å². The molecular formula is C25H30N8O2. The topological polar surface area (TPSA) is 108 Å². The normalized spacial score (nSPS) is 15.8. The number of benzene rings is 1. The summed E-state index contributed by atoms with van der Waals surface area (Å²) in [6.45, 7) is 7.08. The van der Waals surface area contributed by atoms with Gasteiger partial charge < -0.3 is 25.2 Å². The number of hydrogen-bond donors (Lipinski definition) is 2. The molecule has 2 aromatic heterocycles. The second kappa shape index (κ2) is 10.6. The smallest absolute Gasteiger partial charge is 0.319 e. The Morgan fingerprint density at radius 3 is 2.66 bits per heavy atom. The number of hydrogen-bond acceptors (Lipinski definition) is 8. The molecule has 182 valence electrons. The van der Waals surface area contributed by atoms with Crippen LogP contribution in [0.2, 0.25) is 0 Å². The van der Waals surface area contributed by atoms with Crippen molar-refractivity contribution in [3.8, 4) is 11.4 Å². The zero-order valence-corrected chi connectivity index (χ0v) is 19.9. The minimum absolute atomic E-state index is 0.223. The maximum atomic E-state index is 11.8. The lowest BCUT2D eigenvalue weighted by atomic mass is 10.0. The lowest BCUT2D eigenvalue weighted by Crippen LogP contribution is -2.35. The van der Waals surface area contributed by atoms with E-state index in [4.69, 9.17) is 14.7 Å². The van der Waals surface area contributed by atoms with Crippen LogP contribution in [0.15, 0.2) is 42.7 Å². The van der Waals surface area contributed by atoms with Gasteiger partial charge in [0.25, 0.3) is 0 Å². The van der Waals surface area contributed by atoms with Crippen LogP contribution in [0, 0.1) is 0 Å². The van der Waals surface area contributed by atoms with E-state index in [-0.39, 0.29) is 6.03 Å². The molecule has 0 aliphatic carbocycles. The van der Waals surface area contributed by atoms with E-state index in [2.05, 4.69) is 30.4 Å². The average molecular weight is 475 g/mol. The molecule has 0 saturated carbocycles. The van der Waals surface area contributed by atoms with Crippen LogP contribution in [-0.2, 0) is 17.7 Å². The molecule has 10 nitrogen and oxygen atoms in total. The molecule has 0 atom stereocenters. The number of amides is 2. The molecule has 2 N–H and O–H groups in total.